The van der Waals surface area contributed by atoms with Gasteiger partial charge < -0.3 is 5.32 Å². The van der Waals surface area contributed by atoms with Gasteiger partial charge in [0.05, 0.1) is 12.2 Å². The number of nitriles is 1. The van der Waals surface area contributed by atoms with Crippen molar-refractivity contribution in [2.24, 2.45) is 0 Å². The Morgan fingerprint density at radius 2 is 1.97 bits per heavy atom. The maximum absolute atomic E-state index is 13.2. The molecule has 2 atom stereocenters. The van der Waals surface area contributed by atoms with E-state index < -0.39 is 29.3 Å². The van der Waals surface area contributed by atoms with Crippen LogP contribution in [-0.2, 0) is 6.18 Å². The number of nitrogens with zero attached hydrogens (tertiary/aromatic N) is 6. The summed E-state index contributed by atoms with van der Waals surface area (Å²) in [4.78, 5) is 27.4. The third kappa shape index (κ3) is 4.88. The second kappa shape index (κ2) is 9.73. The van der Waals surface area contributed by atoms with E-state index in [2.05, 4.69) is 30.4 Å². The fraction of sp³-hybridized carbons (Fsp3) is 0.304. The van der Waals surface area contributed by atoms with E-state index in [0.29, 0.717) is 24.2 Å². The molecule has 0 aliphatic heterocycles. The lowest BCUT2D eigenvalue weighted by Crippen LogP contribution is -2.19. The lowest BCUT2D eigenvalue weighted by atomic mass is 10.0. The van der Waals surface area contributed by atoms with Crippen molar-refractivity contribution in [1.29, 1.82) is 5.26 Å². The average Bonchev–Trinajstić information content (AvgIpc) is 3.24. The lowest BCUT2D eigenvalue weighted by molar-refractivity contribution is -0.141. The van der Waals surface area contributed by atoms with Crippen LogP contribution < -0.4 is 10.9 Å². The minimum Gasteiger partial charge on any atom is -0.355 e. The molecule has 2 unspecified atom stereocenters. The van der Waals surface area contributed by atoms with Crippen molar-refractivity contribution in [2.45, 2.75) is 38.4 Å². The highest BCUT2D eigenvalue weighted by molar-refractivity contribution is 5.81. The van der Waals surface area contributed by atoms with E-state index in [1.54, 1.807) is 13.0 Å². The van der Waals surface area contributed by atoms with Crippen molar-refractivity contribution in [1.82, 2.24) is 29.7 Å². The Bertz CT molecular complexity index is 1470. The van der Waals surface area contributed by atoms with Gasteiger partial charge in [-0.15, -0.1) is 0 Å². The lowest BCUT2D eigenvalue weighted by Gasteiger charge is -2.16. The summed E-state index contributed by atoms with van der Waals surface area (Å²) in [5, 5.41) is 16.7. The average molecular weight is 500 g/mol. The quantitative estimate of drug-likeness (QED) is 0.365. The van der Waals surface area contributed by atoms with Gasteiger partial charge in [-0.25, -0.2) is 9.07 Å². The number of hydrogen-bond acceptors (Lipinski definition) is 7. The Morgan fingerprint density at radius 3 is 2.56 bits per heavy atom. The zero-order valence-corrected chi connectivity index (χ0v) is 19.1. The van der Waals surface area contributed by atoms with Crippen LogP contribution in [0.25, 0.3) is 11.0 Å². The molecule has 0 saturated heterocycles. The third-order valence-electron chi connectivity index (χ3n) is 5.77. The molecule has 0 aliphatic rings. The van der Waals surface area contributed by atoms with Gasteiger partial charge in [-0.3, -0.25) is 19.7 Å². The molecule has 36 heavy (non-hydrogen) atoms. The highest BCUT2D eigenvalue weighted by Crippen LogP contribution is 2.29. The molecule has 186 valence electrons. The number of fused-ring (bicyclic) bond motifs is 1. The Labute approximate surface area is 201 Å². The van der Waals surface area contributed by atoms with Crippen molar-refractivity contribution in [3.05, 3.63) is 75.5 Å². The summed E-state index contributed by atoms with van der Waals surface area (Å²) in [5.74, 6) is -0.447. The first kappa shape index (κ1) is 24.8. The van der Waals surface area contributed by atoms with E-state index in [4.69, 9.17) is 0 Å². The summed E-state index contributed by atoms with van der Waals surface area (Å²) < 4.78 is 53.2. The molecule has 0 aliphatic carbocycles. The smallest absolute Gasteiger partial charge is 0.355 e. The second-order valence-corrected chi connectivity index (χ2v) is 8.06. The number of pyridine rings is 2. The number of nitrogens with one attached hydrogen (secondary N) is 2. The van der Waals surface area contributed by atoms with Crippen LogP contribution in [0.15, 0.2) is 41.5 Å². The third-order valence-corrected chi connectivity index (χ3v) is 5.77. The van der Waals surface area contributed by atoms with E-state index in [1.807, 2.05) is 13.0 Å². The van der Waals surface area contributed by atoms with Gasteiger partial charge in [-0.05, 0) is 37.1 Å². The summed E-state index contributed by atoms with van der Waals surface area (Å²) in [6.07, 6.45) is -1.71. The molecule has 0 saturated carbocycles. The number of anilines is 1. The normalized spacial score (nSPS) is 13.4. The summed E-state index contributed by atoms with van der Waals surface area (Å²) in [5.41, 5.74) is -0.686. The fourth-order valence-corrected chi connectivity index (χ4v) is 3.75. The first-order valence-electron chi connectivity index (χ1n) is 10.9. The van der Waals surface area contributed by atoms with Gasteiger partial charge in [0.1, 0.15) is 23.0 Å². The standard InChI is InChI=1S/C23H20F4N8O/c1-3-13(16-6-5-15(24)11-29-16)9-31-22-32-20-19(21(36)33-22)17(8-28)34-35(20)12(2)14-4-7-18(30-10-14)23(25,26)27/h4-7,10-13H,3,9H2,1-2H3,(H2,31,32,33,36). The van der Waals surface area contributed by atoms with Crippen LogP contribution in [-0.4, -0.2) is 36.3 Å². The molecule has 0 radical (unpaired) electrons. The summed E-state index contributed by atoms with van der Waals surface area (Å²) >= 11 is 0. The number of aromatic amines is 1. The molecule has 0 bridgehead atoms. The zero-order valence-electron chi connectivity index (χ0n) is 19.1. The first-order chi connectivity index (χ1) is 17.1. The van der Waals surface area contributed by atoms with Crippen molar-refractivity contribution in [2.75, 3.05) is 11.9 Å². The zero-order chi connectivity index (χ0) is 26.0. The molecule has 4 aromatic heterocycles. The Hall–Kier alpha value is -4.34. The number of H-pyrrole nitrogens is 1. The van der Waals surface area contributed by atoms with Crippen LogP contribution >= 0.6 is 0 Å². The molecular weight excluding hydrogens is 480 g/mol. The van der Waals surface area contributed by atoms with Crippen LogP contribution in [0.2, 0.25) is 0 Å². The molecule has 4 aromatic rings. The predicted octanol–water partition coefficient (Wildman–Crippen LogP) is 4.15. The largest absolute Gasteiger partial charge is 0.433 e. The maximum Gasteiger partial charge on any atom is 0.433 e. The van der Waals surface area contributed by atoms with Gasteiger partial charge >= 0.3 is 6.18 Å². The van der Waals surface area contributed by atoms with Crippen LogP contribution in [0.5, 0.6) is 0 Å². The Kier molecular flexibility index (Phi) is 6.69. The second-order valence-electron chi connectivity index (χ2n) is 8.06. The molecular formula is C23H20F4N8O. The van der Waals surface area contributed by atoms with Crippen molar-refractivity contribution >= 4 is 17.0 Å². The van der Waals surface area contributed by atoms with Crippen molar-refractivity contribution in [3.63, 3.8) is 0 Å². The molecule has 2 N–H and O–H groups in total. The molecule has 0 amide bonds. The monoisotopic (exact) mass is 500 g/mol. The van der Waals surface area contributed by atoms with Crippen LogP contribution in [0.3, 0.4) is 0 Å². The minimum atomic E-state index is -4.58. The topological polar surface area (TPSA) is 125 Å². The summed E-state index contributed by atoms with van der Waals surface area (Å²) in [6, 6.07) is 6.18. The van der Waals surface area contributed by atoms with Crippen molar-refractivity contribution in [3.8, 4) is 6.07 Å². The molecule has 0 spiro atoms. The molecule has 9 nitrogen and oxygen atoms in total. The van der Waals surface area contributed by atoms with Gasteiger partial charge in [0, 0.05) is 24.4 Å². The first-order valence-corrected chi connectivity index (χ1v) is 10.9. The SMILES string of the molecule is CCC(CNc1nc2c(c(C#N)nn2C(C)c2ccc(C(F)(F)F)nc2)c(=O)[nH]1)c1ccc(F)cn1. The molecule has 4 heterocycles. The van der Waals surface area contributed by atoms with Crippen LogP contribution in [0.1, 0.15) is 54.9 Å². The van der Waals surface area contributed by atoms with E-state index in [9.17, 15) is 27.6 Å². The highest BCUT2D eigenvalue weighted by atomic mass is 19.4. The number of halogens is 4. The van der Waals surface area contributed by atoms with Gasteiger partial charge in [0.25, 0.3) is 5.56 Å². The van der Waals surface area contributed by atoms with Gasteiger partial charge in [0.15, 0.2) is 11.3 Å². The predicted molar refractivity (Wildman–Crippen MR) is 122 cm³/mol. The van der Waals surface area contributed by atoms with Gasteiger partial charge in [-0.1, -0.05) is 13.0 Å². The van der Waals surface area contributed by atoms with Crippen molar-refractivity contribution < 1.29 is 17.6 Å². The highest BCUT2D eigenvalue weighted by Gasteiger charge is 2.32. The Morgan fingerprint density at radius 1 is 1.19 bits per heavy atom. The number of aromatic nitrogens is 6. The number of rotatable bonds is 7. The van der Waals surface area contributed by atoms with E-state index in [0.717, 1.165) is 18.5 Å². The molecule has 0 fully saturated rings. The van der Waals surface area contributed by atoms with Crippen LogP contribution in [0, 0.1) is 17.1 Å². The van der Waals surface area contributed by atoms with E-state index in [1.165, 1.54) is 16.8 Å². The maximum atomic E-state index is 13.2. The van der Waals surface area contributed by atoms with Crippen LogP contribution in [0.4, 0.5) is 23.5 Å². The minimum absolute atomic E-state index is 0.0398. The summed E-state index contributed by atoms with van der Waals surface area (Å²) in [7, 11) is 0. The number of hydrogen-bond donors (Lipinski definition) is 2. The number of alkyl halides is 3. The Balaban J connectivity index is 1.67. The van der Waals surface area contributed by atoms with Gasteiger partial charge in [-0.2, -0.15) is 28.5 Å². The molecule has 0 aromatic carbocycles. The van der Waals surface area contributed by atoms with E-state index in [-0.39, 0.29) is 28.6 Å². The fourth-order valence-electron chi connectivity index (χ4n) is 3.75. The van der Waals surface area contributed by atoms with Gasteiger partial charge in [0.2, 0.25) is 5.95 Å². The molecule has 4 rings (SSSR count). The van der Waals surface area contributed by atoms with E-state index >= 15 is 0 Å². The summed E-state index contributed by atoms with van der Waals surface area (Å²) in [6.45, 7) is 3.90. The molecule has 13 heteroatoms.